The smallest absolute Gasteiger partial charge is 0.243 e. The molecule has 2 aromatic carbocycles. The summed E-state index contributed by atoms with van der Waals surface area (Å²) in [6, 6.07) is 14.0. The number of carbonyl (C=O) groups excluding carboxylic acids is 1. The first-order valence-corrected chi connectivity index (χ1v) is 12.5. The topological polar surface area (TPSA) is 79.0 Å². The number of amides is 1. The first-order valence-electron chi connectivity index (χ1n) is 11.1. The molecule has 7 nitrogen and oxygen atoms in total. The summed E-state index contributed by atoms with van der Waals surface area (Å²) in [6.45, 7) is 7.83. The molecule has 0 spiro atoms. The van der Waals surface area contributed by atoms with Crippen molar-refractivity contribution in [1.29, 1.82) is 0 Å². The second-order valence-electron chi connectivity index (χ2n) is 8.18. The number of rotatable bonds is 8. The summed E-state index contributed by atoms with van der Waals surface area (Å²) < 4.78 is 32.5. The van der Waals surface area contributed by atoms with Crippen LogP contribution in [0.1, 0.15) is 38.7 Å². The first kappa shape index (κ1) is 24.2. The molecule has 2 atom stereocenters. The predicted molar refractivity (Wildman–Crippen MR) is 127 cm³/mol. The lowest BCUT2D eigenvalue weighted by Crippen LogP contribution is -2.53. The van der Waals surface area contributed by atoms with Gasteiger partial charge in [-0.05, 0) is 55.2 Å². The van der Waals surface area contributed by atoms with Crippen LogP contribution >= 0.6 is 0 Å². The molecule has 0 aromatic heterocycles. The van der Waals surface area contributed by atoms with Gasteiger partial charge in [-0.3, -0.25) is 9.69 Å². The number of hydrogen-bond acceptors (Lipinski definition) is 5. The molecule has 1 aliphatic rings. The predicted octanol–water partition coefficient (Wildman–Crippen LogP) is 3.54. The van der Waals surface area contributed by atoms with Gasteiger partial charge < -0.3 is 10.1 Å². The van der Waals surface area contributed by atoms with Gasteiger partial charge >= 0.3 is 0 Å². The summed E-state index contributed by atoms with van der Waals surface area (Å²) in [5.74, 6) is 0.893. The number of anilines is 1. The average Bonchev–Trinajstić information content (AvgIpc) is 2.83. The summed E-state index contributed by atoms with van der Waals surface area (Å²) in [6.07, 6.45) is 0.993. The molecular formula is C24H33N3O4S. The van der Waals surface area contributed by atoms with Crippen LogP contribution in [0.2, 0.25) is 0 Å². The third kappa shape index (κ3) is 5.31. The number of benzene rings is 2. The maximum absolute atomic E-state index is 13.0. The molecule has 0 saturated carbocycles. The van der Waals surface area contributed by atoms with Crippen LogP contribution in [0, 0.1) is 0 Å². The summed E-state index contributed by atoms with van der Waals surface area (Å²) in [5, 5.41) is 3.08. The Bertz CT molecular complexity index is 1020. The van der Waals surface area contributed by atoms with Crippen molar-refractivity contribution < 1.29 is 17.9 Å². The van der Waals surface area contributed by atoms with Crippen LogP contribution in [-0.2, 0) is 14.8 Å². The van der Waals surface area contributed by atoms with Crippen molar-refractivity contribution in [2.75, 3.05) is 38.6 Å². The van der Waals surface area contributed by atoms with E-state index in [1.54, 1.807) is 31.4 Å². The zero-order chi connectivity index (χ0) is 23.3. The number of para-hydroxylation sites is 1. The van der Waals surface area contributed by atoms with E-state index in [4.69, 9.17) is 4.74 Å². The summed E-state index contributed by atoms with van der Waals surface area (Å²) >= 11 is 0. The van der Waals surface area contributed by atoms with E-state index in [2.05, 4.69) is 25.2 Å². The minimum Gasteiger partial charge on any atom is -0.497 e. The van der Waals surface area contributed by atoms with Gasteiger partial charge in [-0.15, -0.1) is 0 Å². The number of piperazine rings is 1. The molecule has 0 radical (unpaired) electrons. The van der Waals surface area contributed by atoms with Crippen molar-refractivity contribution in [2.24, 2.45) is 0 Å². The Labute approximate surface area is 191 Å². The average molecular weight is 460 g/mol. The van der Waals surface area contributed by atoms with Gasteiger partial charge in [0.1, 0.15) is 5.75 Å². The largest absolute Gasteiger partial charge is 0.497 e. The first-order chi connectivity index (χ1) is 15.3. The van der Waals surface area contributed by atoms with Crippen LogP contribution in [-0.4, -0.2) is 62.9 Å². The number of methoxy groups -OCH3 is 1. The monoisotopic (exact) mass is 459 g/mol. The Morgan fingerprint density at radius 3 is 2.25 bits per heavy atom. The number of hydrogen-bond donors (Lipinski definition) is 1. The van der Waals surface area contributed by atoms with E-state index in [0.717, 1.165) is 17.7 Å². The lowest BCUT2D eigenvalue weighted by molar-refractivity contribution is -0.121. The Balaban J connectivity index is 1.61. The Morgan fingerprint density at radius 2 is 1.66 bits per heavy atom. The van der Waals surface area contributed by atoms with Crippen molar-refractivity contribution in [1.82, 2.24) is 9.21 Å². The zero-order valence-corrected chi connectivity index (χ0v) is 20.1. The Kier molecular flexibility index (Phi) is 7.92. The van der Waals surface area contributed by atoms with Crippen LogP contribution < -0.4 is 10.1 Å². The number of ether oxygens (including phenoxy) is 1. The molecule has 1 saturated heterocycles. The van der Waals surface area contributed by atoms with Crippen LogP contribution in [0.15, 0.2) is 53.4 Å². The van der Waals surface area contributed by atoms with E-state index in [9.17, 15) is 13.2 Å². The highest BCUT2D eigenvalue weighted by atomic mass is 32.2. The minimum absolute atomic E-state index is 0.0767. The molecule has 1 fully saturated rings. The van der Waals surface area contributed by atoms with Crippen molar-refractivity contribution in [3.63, 3.8) is 0 Å². The number of nitrogens with one attached hydrogen (secondary N) is 1. The molecule has 174 valence electrons. The molecule has 0 aliphatic carbocycles. The van der Waals surface area contributed by atoms with Crippen LogP contribution in [0.25, 0.3) is 0 Å². The maximum Gasteiger partial charge on any atom is 0.243 e. The fourth-order valence-electron chi connectivity index (χ4n) is 3.89. The summed E-state index contributed by atoms with van der Waals surface area (Å²) in [7, 11) is -2.03. The van der Waals surface area contributed by atoms with Gasteiger partial charge in [0.2, 0.25) is 15.9 Å². The molecule has 1 N–H and O–H groups in total. The Hall–Kier alpha value is -2.42. The van der Waals surface area contributed by atoms with Gasteiger partial charge in [0, 0.05) is 31.9 Å². The van der Waals surface area contributed by atoms with E-state index >= 15 is 0 Å². The highest BCUT2D eigenvalue weighted by Crippen LogP contribution is 2.27. The quantitative estimate of drug-likeness (QED) is 0.653. The van der Waals surface area contributed by atoms with Gasteiger partial charge in [0.25, 0.3) is 0 Å². The van der Waals surface area contributed by atoms with Gasteiger partial charge in [0.05, 0.1) is 18.0 Å². The summed E-state index contributed by atoms with van der Waals surface area (Å²) in [5.41, 5.74) is 1.98. The molecule has 32 heavy (non-hydrogen) atoms. The van der Waals surface area contributed by atoms with E-state index in [0.29, 0.717) is 37.8 Å². The summed E-state index contributed by atoms with van der Waals surface area (Å²) in [4.78, 5) is 15.2. The van der Waals surface area contributed by atoms with Gasteiger partial charge in [-0.25, -0.2) is 8.42 Å². The number of nitrogens with zero attached hydrogens (tertiary/aromatic N) is 2. The zero-order valence-electron chi connectivity index (χ0n) is 19.2. The normalized spacial score (nSPS) is 17.5. The van der Waals surface area contributed by atoms with E-state index in [1.807, 2.05) is 30.0 Å². The molecule has 2 aromatic rings. The van der Waals surface area contributed by atoms with Crippen molar-refractivity contribution in [2.45, 2.75) is 44.0 Å². The standard InChI is InChI=1S/C24H33N3O4S/c1-5-18(2)22-8-6-7-9-23(22)25-24(28)19(3)26-14-16-27(17-15-26)32(29,30)21-12-10-20(31-4)11-13-21/h6-13,18-19H,5,14-17H2,1-4H3,(H,25,28)/t18-,19-/m1/s1. The van der Waals surface area contributed by atoms with Crippen LogP contribution in [0.3, 0.4) is 0 Å². The lowest BCUT2D eigenvalue weighted by Gasteiger charge is -2.36. The lowest BCUT2D eigenvalue weighted by atomic mass is 9.97. The molecule has 0 unspecified atom stereocenters. The molecule has 1 aliphatic heterocycles. The fourth-order valence-corrected chi connectivity index (χ4v) is 5.31. The highest BCUT2D eigenvalue weighted by molar-refractivity contribution is 7.89. The van der Waals surface area contributed by atoms with Gasteiger partial charge in [-0.2, -0.15) is 4.31 Å². The second-order valence-corrected chi connectivity index (χ2v) is 10.1. The third-order valence-corrected chi connectivity index (χ3v) is 8.17. The van der Waals surface area contributed by atoms with Crippen LogP contribution in [0.4, 0.5) is 5.69 Å². The molecule has 1 heterocycles. The van der Waals surface area contributed by atoms with Crippen molar-refractivity contribution >= 4 is 21.6 Å². The third-order valence-electron chi connectivity index (χ3n) is 6.26. The van der Waals surface area contributed by atoms with Gasteiger partial charge in [-0.1, -0.05) is 32.0 Å². The molecule has 1 amide bonds. The highest BCUT2D eigenvalue weighted by Gasteiger charge is 2.32. The van der Waals surface area contributed by atoms with Crippen LogP contribution in [0.5, 0.6) is 5.75 Å². The van der Waals surface area contributed by atoms with Gasteiger partial charge in [0.15, 0.2) is 0 Å². The number of sulfonamides is 1. The Morgan fingerprint density at radius 1 is 1.03 bits per heavy atom. The van der Waals surface area contributed by atoms with E-state index in [1.165, 1.54) is 4.31 Å². The number of carbonyl (C=O) groups is 1. The fraction of sp³-hybridized carbons (Fsp3) is 0.458. The molecule has 3 rings (SSSR count). The SMILES string of the molecule is CC[C@@H](C)c1ccccc1NC(=O)[C@@H](C)N1CCN(S(=O)(=O)c2ccc(OC)cc2)CC1. The van der Waals surface area contributed by atoms with Crippen molar-refractivity contribution in [3.05, 3.63) is 54.1 Å². The molecule has 0 bridgehead atoms. The minimum atomic E-state index is -3.57. The second kappa shape index (κ2) is 10.5. The van der Waals surface area contributed by atoms with Crippen molar-refractivity contribution in [3.8, 4) is 5.75 Å². The molecular weight excluding hydrogens is 426 g/mol. The maximum atomic E-state index is 13.0. The van der Waals surface area contributed by atoms with E-state index < -0.39 is 10.0 Å². The molecule has 8 heteroatoms. The van der Waals surface area contributed by atoms with E-state index in [-0.39, 0.29) is 16.8 Å².